The number of halogens is 2. The average molecular weight is 395 g/mol. The van der Waals surface area contributed by atoms with Crippen molar-refractivity contribution >= 4 is 48.6 Å². The summed E-state index contributed by atoms with van der Waals surface area (Å²) in [7, 11) is 0. The van der Waals surface area contributed by atoms with Gasteiger partial charge in [-0.25, -0.2) is 4.79 Å². The molecule has 3 aromatic rings. The Bertz CT molecular complexity index is 824. The number of carboxylic acids is 1. The van der Waals surface area contributed by atoms with Crippen molar-refractivity contribution in [3.05, 3.63) is 63.3 Å². The number of hydrogen-bond donors (Lipinski definition) is 1. The van der Waals surface area contributed by atoms with Crippen LogP contribution in [0.3, 0.4) is 0 Å². The Labute approximate surface area is 132 Å². The summed E-state index contributed by atoms with van der Waals surface area (Å²) in [5.74, 6) is -0.956. The van der Waals surface area contributed by atoms with Gasteiger partial charge in [-0.1, -0.05) is 40.2 Å². The standard InChI is InChI=1S/C15H9Br2NO2/c16-9-7-14(15(19)20)18(8-9)13-6-5-12(17)10-3-1-2-4-11(10)13/h1-8H,(H,19,20). The van der Waals surface area contributed by atoms with Gasteiger partial charge in [-0.2, -0.15) is 0 Å². The summed E-state index contributed by atoms with van der Waals surface area (Å²) in [5.41, 5.74) is 1.07. The lowest BCUT2D eigenvalue weighted by Gasteiger charge is -2.11. The lowest BCUT2D eigenvalue weighted by molar-refractivity contribution is 0.0688. The molecule has 1 heterocycles. The second-order valence-electron chi connectivity index (χ2n) is 4.33. The highest BCUT2D eigenvalue weighted by Gasteiger charge is 2.15. The molecule has 0 aliphatic rings. The van der Waals surface area contributed by atoms with E-state index in [9.17, 15) is 9.90 Å². The molecule has 100 valence electrons. The lowest BCUT2D eigenvalue weighted by atomic mass is 10.1. The Balaban J connectivity index is 2.36. The zero-order chi connectivity index (χ0) is 14.3. The normalized spacial score (nSPS) is 10.9. The van der Waals surface area contributed by atoms with Crippen molar-refractivity contribution < 1.29 is 9.90 Å². The molecule has 0 spiro atoms. The molecule has 3 rings (SSSR count). The van der Waals surface area contributed by atoms with E-state index in [0.29, 0.717) is 0 Å². The van der Waals surface area contributed by atoms with Gasteiger partial charge in [0.2, 0.25) is 0 Å². The minimum absolute atomic E-state index is 0.226. The van der Waals surface area contributed by atoms with Crippen LogP contribution < -0.4 is 0 Å². The Morgan fingerprint density at radius 3 is 2.45 bits per heavy atom. The molecule has 0 saturated heterocycles. The number of aromatic carboxylic acids is 1. The second kappa shape index (κ2) is 5.07. The first-order valence-electron chi connectivity index (χ1n) is 5.87. The van der Waals surface area contributed by atoms with Crippen molar-refractivity contribution in [3.63, 3.8) is 0 Å². The summed E-state index contributed by atoms with van der Waals surface area (Å²) in [6.07, 6.45) is 1.76. The van der Waals surface area contributed by atoms with Crippen LogP contribution in [0.1, 0.15) is 10.5 Å². The average Bonchev–Trinajstić information content (AvgIpc) is 2.82. The third-order valence-electron chi connectivity index (χ3n) is 3.11. The zero-order valence-corrected chi connectivity index (χ0v) is 13.3. The SMILES string of the molecule is O=C(O)c1cc(Br)cn1-c1ccc(Br)c2ccccc12. The van der Waals surface area contributed by atoms with E-state index in [4.69, 9.17) is 0 Å². The molecule has 0 aliphatic heterocycles. The van der Waals surface area contributed by atoms with E-state index in [1.54, 1.807) is 16.8 Å². The van der Waals surface area contributed by atoms with Gasteiger partial charge in [-0.3, -0.25) is 0 Å². The van der Waals surface area contributed by atoms with Crippen LogP contribution in [-0.4, -0.2) is 15.6 Å². The molecule has 0 radical (unpaired) electrons. The van der Waals surface area contributed by atoms with E-state index in [0.717, 1.165) is 25.4 Å². The lowest BCUT2D eigenvalue weighted by Crippen LogP contribution is -2.06. The number of carbonyl (C=O) groups is 1. The fraction of sp³-hybridized carbons (Fsp3) is 0. The summed E-state index contributed by atoms with van der Waals surface area (Å²) >= 11 is 6.86. The van der Waals surface area contributed by atoms with E-state index in [-0.39, 0.29) is 5.69 Å². The molecule has 0 fully saturated rings. The van der Waals surface area contributed by atoms with Crippen LogP contribution in [0.5, 0.6) is 0 Å². The van der Waals surface area contributed by atoms with Crippen molar-refractivity contribution in [1.82, 2.24) is 4.57 Å². The molecule has 2 aromatic carbocycles. The molecule has 5 heteroatoms. The highest BCUT2D eigenvalue weighted by molar-refractivity contribution is 9.11. The van der Waals surface area contributed by atoms with Gasteiger partial charge in [-0.15, -0.1) is 0 Å². The van der Waals surface area contributed by atoms with Crippen LogP contribution in [0.15, 0.2) is 57.6 Å². The van der Waals surface area contributed by atoms with E-state index in [1.165, 1.54) is 0 Å². The van der Waals surface area contributed by atoms with Crippen molar-refractivity contribution in [3.8, 4) is 5.69 Å². The highest BCUT2D eigenvalue weighted by Crippen LogP contribution is 2.31. The molecule has 0 bridgehead atoms. The van der Waals surface area contributed by atoms with Crippen molar-refractivity contribution in [1.29, 1.82) is 0 Å². The Kier molecular flexibility index (Phi) is 3.40. The molecule has 0 unspecified atom stereocenters. The summed E-state index contributed by atoms with van der Waals surface area (Å²) in [4.78, 5) is 11.4. The first-order chi connectivity index (χ1) is 9.58. The molecule has 0 saturated carbocycles. The third kappa shape index (κ3) is 2.17. The summed E-state index contributed by atoms with van der Waals surface area (Å²) in [6.45, 7) is 0. The molecule has 0 atom stereocenters. The molecule has 1 N–H and O–H groups in total. The summed E-state index contributed by atoms with van der Waals surface area (Å²) < 4.78 is 3.41. The van der Waals surface area contributed by atoms with Gasteiger partial charge in [0, 0.05) is 20.5 Å². The monoisotopic (exact) mass is 393 g/mol. The fourth-order valence-corrected chi connectivity index (χ4v) is 3.15. The third-order valence-corrected chi connectivity index (χ3v) is 4.24. The van der Waals surface area contributed by atoms with Gasteiger partial charge in [0.05, 0.1) is 5.69 Å². The molecule has 20 heavy (non-hydrogen) atoms. The van der Waals surface area contributed by atoms with Crippen molar-refractivity contribution in [2.75, 3.05) is 0 Å². The van der Waals surface area contributed by atoms with Crippen LogP contribution in [0.2, 0.25) is 0 Å². The highest BCUT2D eigenvalue weighted by atomic mass is 79.9. The molecular formula is C15H9Br2NO2. The fourth-order valence-electron chi connectivity index (χ4n) is 2.25. The van der Waals surface area contributed by atoms with E-state index in [1.807, 2.05) is 36.4 Å². The topological polar surface area (TPSA) is 42.2 Å². The van der Waals surface area contributed by atoms with Crippen molar-refractivity contribution in [2.45, 2.75) is 0 Å². The Morgan fingerprint density at radius 2 is 1.75 bits per heavy atom. The maximum absolute atomic E-state index is 11.4. The van der Waals surface area contributed by atoms with Crippen LogP contribution in [-0.2, 0) is 0 Å². The van der Waals surface area contributed by atoms with Crippen molar-refractivity contribution in [2.24, 2.45) is 0 Å². The van der Waals surface area contributed by atoms with E-state index in [2.05, 4.69) is 31.9 Å². The number of carboxylic acid groups (broad SMARTS) is 1. The Morgan fingerprint density at radius 1 is 1.05 bits per heavy atom. The molecular weight excluding hydrogens is 386 g/mol. The van der Waals surface area contributed by atoms with Gasteiger partial charge >= 0.3 is 5.97 Å². The predicted octanol–water partition coefficient (Wildman–Crippen LogP) is 4.85. The van der Waals surface area contributed by atoms with Gasteiger partial charge in [-0.05, 0) is 39.5 Å². The number of fused-ring (bicyclic) bond motifs is 1. The predicted molar refractivity (Wildman–Crippen MR) is 85.6 cm³/mol. The number of nitrogens with zero attached hydrogens (tertiary/aromatic N) is 1. The first kappa shape index (κ1) is 13.4. The number of aromatic nitrogens is 1. The maximum Gasteiger partial charge on any atom is 0.352 e. The van der Waals surface area contributed by atoms with Gasteiger partial charge in [0.25, 0.3) is 0 Å². The van der Waals surface area contributed by atoms with Gasteiger partial charge in [0.1, 0.15) is 5.69 Å². The van der Waals surface area contributed by atoms with E-state index < -0.39 is 5.97 Å². The van der Waals surface area contributed by atoms with Crippen LogP contribution in [0.25, 0.3) is 16.5 Å². The molecule has 1 aromatic heterocycles. The second-order valence-corrected chi connectivity index (χ2v) is 6.10. The smallest absolute Gasteiger partial charge is 0.352 e. The zero-order valence-electron chi connectivity index (χ0n) is 10.2. The summed E-state index contributed by atoms with van der Waals surface area (Å²) in [5, 5.41) is 11.4. The molecule has 0 aliphatic carbocycles. The summed E-state index contributed by atoms with van der Waals surface area (Å²) in [6, 6.07) is 13.3. The quantitative estimate of drug-likeness (QED) is 0.674. The van der Waals surface area contributed by atoms with Crippen LogP contribution >= 0.6 is 31.9 Å². The number of benzene rings is 2. The van der Waals surface area contributed by atoms with Gasteiger partial charge < -0.3 is 9.67 Å². The number of rotatable bonds is 2. The minimum atomic E-state index is -0.956. The Hall–Kier alpha value is -1.59. The van der Waals surface area contributed by atoms with Gasteiger partial charge in [0.15, 0.2) is 0 Å². The maximum atomic E-state index is 11.4. The minimum Gasteiger partial charge on any atom is -0.477 e. The molecule has 0 amide bonds. The first-order valence-corrected chi connectivity index (χ1v) is 7.45. The molecule has 3 nitrogen and oxygen atoms in total. The van der Waals surface area contributed by atoms with Crippen LogP contribution in [0.4, 0.5) is 0 Å². The largest absolute Gasteiger partial charge is 0.477 e. The van der Waals surface area contributed by atoms with E-state index >= 15 is 0 Å². The number of hydrogen-bond acceptors (Lipinski definition) is 1. The van der Waals surface area contributed by atoms with Crippen LogP contribution in [0, 0.1) is 0 Å².